The number of carboxylic acid groups (broad SMARTS) is 1. The number of fused-ring (bicyclic) bond motifs is 4. The molecule has 3 aromatic rings. The molecule has 3 N–H and O–H groups in total. The van der Waals surface area contributed by atoms with Crippen LogP contribution < -0.4 is 14.8 Å². The van der Waals surface area contributed by atoms with E-state index in [1.165, 1.54) is 6.07 Å². The van der Waals surface area contributed by atoms with E-state index in [1.807, 2.05) is 24.3 Å². The van der Waals surface area contributed by atoms with Crippen LogP contribution in [-0.2, 0) is 11.2 Å². The summed E-state index contributed by atoms with van der Waals surface area (Å²) < 4.78 is 43.9. The molecule has 2 aromatic carbocycles. The van der Waals surface area contributed by atoms with E-state index < -0.39 is 24.3 Å². The van der Waals surface area contributed by atoms with Gasteiger partial charge in [0.25, 0.3) is 0 Å². The molecule has 0 aliphatic carbocycles. The number of aromatic nitrogens is 1. The molecule has 2 unspecified atom stereocenters. The zero-order valence-corrected chi connectivity index (χ0v) is 13.8. The SMILES string of the molecule is [2H]c1cc2c(cc1C1NC(C(=O)O)Cc3c1[nH]c1ccccc31)OC(F)(F)O2. The normalized spacial score (nSPS) is 23.1. The zero-order chi connectivity index (χ0) is 19.6. The third-order valence-electron chi connectivity index (χ3n) is 4.88. The number of rotatable bonds is 2. The fourth-order valence-electron chi connectivity index (χ4n) is 3.72. The molecule has 0 bridgehead atoms. The molecule has 0 saturated carbocycles. The maximum atomic E-state index is 13.4. The first-order valence-electron chi connectivity index (χ1n) is 8.81. The summed E-state index contributed by atoms with van der Waals surface area (Å²) in [4.78, 5) is 15.0. The van der Waals surface area contributed by atoms with Gasteiger partial charge in [-0.1, -0.05) is 24.2 Å². The first kappa shape index (κ1) is 15.0. The molecule has 0 spiro atoms. The summed E-state index contributed by atoms with van der Waals surface area (Å²) in [5.41, 5.74) is 2.69. The second-order valence-electron chi connectivity index (χ2n) is 6.54. The second kappa shape index (κ2) is 5.43. The van der Waals surface area contributed by atoms with Crippen molar-refractivity contribution in [3.63, 3.8) is 0 Å². The minimum Gasteiger partial charge on any atom is -0.480 e. The van der Waals surface area contributed by atoms with Crippen LogP contribution in [0.3, 0.4) is 0 Å². The predicted molar refractivity (Wildman–Crippen MR) is 91.1 cm³/mol. The van der Waals surface area contributed by atoms with Gasteiger partial charge in [0.05, 0.1) is 7.41 Å². The number of carboxylic acids is 1. The van der Waals surface area contributed by atoms with E-state index >= 15 is 0 Å². The first-order chi connectivity index (χ1) is 13.3. The lowest BCUT2D eigenvalue weighted by Gasteiger charge is -2.29. The number of carbonyl (C=O) groups is 1. The lowest BCUT2D eigenvalue weighted by Crippen LogP contribution is -2.44. The first-order valence-corrected chi connectivity index (χ1v) is 8.31. The molecule has 0 amide bonds. The van der Waals surface area contributed by atoms with E-state index in [0.717, 1.165) is 22.5 Å². The number of H-pyrrole nitrogens is 1. The summed E-state index contributed by atoms with van der Waals surface area (Å²) in [5, 5.41) is 13.5. The van der Waals surface area contributed by atoms with Gasteiger partial charge in [-0.3, -0.25) is 10.1 Å². The smallest absolute Gasteiger partial charge is 0.480 e. The molecule has 2 aliphatic heterocycles. The van der Waals surface area contributed by atoms with E-state index in [4.69, 9.17) is 1.37 Å². The Labute approximate surface area is 153 Å². The van der Waals surface area contributed by atoms with Gasteiger partial charge in [0, 0.05) is 23.0 Å². The molecular formula is C19H14F2N2O4. The molecular weight excluding hydrogens is 358 g/mol. The molecule has 0 saturated heterocycles. The topological polar surface area (TPSA) is 83.6 Å². The van der Waals surface area contributed by atoms with Crippen LogP contribution in [0, 0.1) is 0 Å². The van der Waals surface area contributed by atoms with Gasteiger partial charge < -0.3 is 19.6 Å². The Kier molecular flexibility index (Phi) is 3.01. The number of hydrogen-bond donors (Lipinski definition) is 3. The molecule has 2 atom stereocenters. The number of benzene rings is 2. The highest BCUT2D eigenvalue weighted by atomic mass is 19.3. The number of aliphatic carboxylic acids is 1. The van der Waals surface area contributed by atoms with Crippen molar-refractivity contribution < 1.29 is 29.5 Å². The Bertz CT molecular complexity index is 1130. The van der Waals surface area contributed by atoms with Crippen molar-refractivity contribution >= 4 is 16.9 Å². The van der Waals surface area contributed by atoms with Crippen LogP contribution in [0.15, 0.2) is 42.4 Å². The van der Waals surface area contributed by atoms with Gasteiger partial charge in [-0.05, 0) is 29.3 Å². The Morgan fingerprint density at radius 1 is 1.26 bits per heavy atom. The van der Waals surface area contributed by atoms with Gasteiger partial charge in [-0.2, -0.15) is 0 Å². The standard InChI is InChI=1S/C19H14F2N2O4/c20-19(21)26-14-6-5-9(7-15(14)27-19)16-17-11(8-13(23-16)18(24)25)10-3-1-2-4-12(10)22-17/h1-7,13,16,22-23H,8H2,(H,24,25)/i5D. The third-order valence-corrected chi connectivity index (χ3v) is 4.88. The van der Waals surface area contributed by atoms with Crippen LogP contribution in [0.4, 0.5) is 8.78 Å². The van der Waals surface area contributed by atoms with Gasteiger partial charge in [-0.15, -0.1) is 8.78 Å². The van der Waals surface area contributed by atoms with E-state index in [9.17, 15) is 18.7 Å². The van der Waals surface area contributed by atoms with Crippen LogP contribution in [0.25, 0.3) is 10.9 Å². The number of nitrogens with one attached hydrogen (secondary N) is 2. The highest BCUT2D eigenvalue weighted by Gasteiger charge is 2.44. The van der Waals surface area contributed by atoms with Crippen molar-refractivity contribution in [3.8, 4) is 11.5 Å². The van der Waals surface area contributed by atoms with Crippen molar-refractivity contribution in [2.75, 3.05) is 0 Å². The minimum atomic E-state index is -3.79. The molecule has 3 heterocycles. The number of para-hydroxylation sites is 1. The van der Waals surface area contributed by atoms with Crippen LogP contribution in [0.2, 0.25) is 0 Å². The Morgan fingerprint density at radius 2 is 2.04 bits per heavy atom. The summed E-state index contributed by atoms with van der Waals surface area (Å²) in [5.74, 6) is -1.44. The second-order valence-corrected chi connectivity index (χ2v) is 6.54. The largest absolute Gasteiger partial charge is 0.586 e. The van der Waals surface area contributed by atoms with Crippen molar-refractivity contribution in [2.24, 2.45) is 0 Å². The zero-order valence-electron chi connectivity index (χ0n) is 14.8. The quantitative estimate of drug-likeness (QED) is 0.643. The highest BCUT2D eigenvalue weighted by Crippen LogP contribution is 2.44. The van der Waals surface area contributed by atoms with E-state index in [1.54, 1.807) is 0 Å². The summed E-state index contributed by atoms with van der Waals surface area (Å²) in [7, 11) is 0. The molecule has 8 heteroatoms. The fraction of sp³-hybridized carbons (Fsp3) is 0.211. The van der Waals surface area contributed by atoms with Gasteiger partial charge in [0.2, 0.25) is 0 Å². The van der Waals surface area contributed by atoms with Crippen LogP contribution in [0.5, 0.6) is 11.5 Å². The maximum absolute atomic E-state index is 13.4. The van der Waals surface area contributed by atoms with E-state index in [0.29, 0.717) is 11.3 Å². The van der Waals surface area contributed by atoms with Crippen molar-refractivity contribution in [2.45, 2.75) is 24.8 Å². The average Bonchev–Trinajstić information content (AvgIpc) is 3.15. The molecule has 1 aromatic heterocycles. The van der Waals surface area contributed by atoms with Gasteiger partial charge in [-0.25, -0.2) is 0 Å². The molecule has 5 rings (SSSR count). The van der Waals surface area contributed by atoms with Gasteiger partial charge >= 0.3 is 12.3 Å². The van der Waals surface area contributed by atoms with Crippen LogP contribution in [0.1, 0.15) is 24.2 Å². The molecule has 6 nitrogen and oxygen atoms in total. The number of halogens is 2. The molecule has 138 valence electrons. The molecule has 2 aliphatic rings. The number of aromatic amines is 1. The van der Waals surface area contributed by atoms with Crippen molar-refractivity contribution in [1.29, 1.82) is 0 Å². The summed E-state index contributed by atoms with van der Waals surface area (Å²) in [6.07, 6.45) is -3.52. The molecule has 0 radical (unpaired) electrons. The lowest BCUT2D eigenvalue weighted by atomic mass is 9.90. The number of ether oxygens (including phenoxy) is 2. The maximum Gasteiger partial charge on any atom is 0.586 e. The van der Waals surface area contributed by atoms with Crippen LogP contribution >= 0.6 is 0 Å². The van der Waals surface area contributed by atoms with E-state index in [2.05, 4.69) is 19.8 Å². The average molecular weight is 373 g/mol. The van der Waals surface area contributed by atoms with Gasteiger partial charge in [0.15, 0.2) is 11.5 Å². The third kappa shape index (κ3) is 2.52. The monoisotopic (exact) mass is 373 g/mol. The Balaban J connectivity index is 1.68. The Morgan fingerprint density at radius 3 is 2.85 bits per heavy atom. The summed E-state index contributed by atoms with van der Waals surface area (Å²) in [6, 6.07) is 8.30. The lowest BCUT2D eigenvalue weighted by molar-refractivity contribution is -0.286. The highest BCUT2D eigenvalue weighted by molar-refractivity contribution is 5.87. The molecule has 27 heavy (non-hydrogen) atoms. The number of alkyl halides is 2. The van der Waals surface area contributed by atoms with Gasteiger partial charge in [0.1, 0.15) is 6.04 Å². The molecule has 0 fully saturated rings. The minimum absolute atomic E-state index is 0.0619. The summed E-state index contributed by atoms with van der Waals surface area (Å²) >= 11 is 0. The van der Waals surface area contributed by atoms with Crippen molar-refractivity contribution in [3.05, 3.63) is 59.3 Å². The number of hydrogen-bond acceptors (Lipinski definition) is 4. The summed E-state index contributed by atoms with van der Waals surface area (Å²) in [6.45, 7) is 0. The van der Waals surface area contributed by atoms with Crippen molar-refractivity contribution in [1.82, 2.24) is 10.3 Å². The Hall–Kier alpha value is -3.13. The fourth-order valence-corrected chi connectivity index (χ4v) is 3.72. The van der Waals surface area contributed by atoms with Crippen LogP contribution in [-0.4, -0.2) is 28.4 Å². The van der Waals surface area contributed by atoms with E-state index in [-0.39, 0.29) is 24.0 Å². The predicted octanol–water partition coefficient (Wildman–Crippen LogP) is 3.18.